The fraction of sp³-hybridized carbons (Fsp3) is 0.0149. The van der Waals surface area contributed by atoms with Crippen LogP contribution in [0.2, 0.25) is 0 Å². The van der Waals surface area contributed by atoms with Gasteiger partial charge in [0.1, 0.15) is 0 Å². The van der Waals surface area contributed by atoms with Crippen LogP contribution in [0.25, 0.3) is 76.8 Å². The molecule has 1 aliphatic carbocycles. The van der Waals surface area contributed by atoms with Crippen LogP contribution in [0.1, 0.15) is 22.3 Å². The fourth-order valence-corrected chi connectivity index (χ4v) is 11.2. The first-order valence-electron chi connectivity index (χ1n) is 23.6. The molecule has 0 spiro atoms. The van der Waals surface area contributed by atoms with E-state index < -0.39 is 5.41 Å². The second-order valence-corrected chi connectivity index (χ2v) is 18.0. The summed E-state index contributed by atoms with van der Waals surface area (Å²) in [7, 11) is 0. The molecule has 0 N–H and O–H groups in total. The van der Waals surface area contributed by atoms with Gasteiger partial charge in [0.05, 0.1) is 5.41 Å². The lowest BCUT2D eigenvalue weighted by Crippen LogP contribution is -2.28. The second kappa shape index (κ2) is 16.3. The maximum Gasteiger partial charge on any atom is 0.0713 e. The predicted octanol–water partition coefficient (Wildman–Crippen LogP) is 18.0. The molecule has 0 fully saturated rings. The third-order valence-corrected chi connectivity index (χ3v) is 14.3. The first-order valence-corrected chi connectivity index (χ1v) is 23.6. The van der Waals surface area contributed by atoms with E-state index in [9.17, 15) is 0 Å². The van der Waals surface area contributed by atoms with E-state index in [1.807, 2.05) is 0 Å². The van der Waals surface area contributed by atoms with Gasteiger partial charge >= 0.3 is 0 Å². The number of fused-ring (bicyclic) bond motifs is 7. The molecule has 0 amide bonds. The molecule has 0 saturated heterocycles. The summed E-state index contributed by atoms with van der Waals surface area (Å²) in [5.41, 5.74) is 17.7. The molecule has 68 heavy (non-hydrogen) atoms. The van der Waals surface area contributed by atoms with Crippen LogP contribution in [0.5, 0.6) is 0 Å². The topological polar surface area (TPSA) is 3.24 Å². The summed E-state index contributed by atoms with van der Waals surface area (Å²) in [6.07, 6.45) is 0. The van der Waals surface area contributed by atoms with E-state index in [-0.39, 0.29) is 0 Å². The van der Waals surface area contributed by atoms with E-state index in [4.69, 9.17) is 0 Å². The van der Waals surface area contributed by atoms with E-state index in [2.05, 4.69) is 278 Å². The van der Waals surface area contributed by atoms with Crippen molar-refractivity contribution in [2.45, 2.75) is 5.41 Å². The highest BCUT2D eigenvalue weighted by Crippen LogP contribution is 2.57. The van der Waals surface area contributed by atoms with Crippen LogP contribution < -0.4 is 4.90 Å². The molecule has 0 aliphatic heterocycles. The maximum atomic E-state index is 2.45. The van der Waals surface area contributed by atoms with Gasteiger partial charge in [-0.3, -0.25) is 0 Å². The number of nitrogens with zero attached hydrogens (tertiary/aromatic N) is 1. The van der Waals surface area contributed by atoms with E-state index in [0.717, 1.165) is 17.1 Å². The van der Waals surface area contributed by atoms with Crippen molar-refractivity contribution in [1.82, 2.24) is 0 Å². The molecule has 12 aromatic carbocycles. The number of rotatable bonds is 8. The Hall–Kier alpha value is -8.78. The minimum absolute atomic E-state index is 0.456. The van der Waals surface area contributed by atoms with Gasteiger partial charge < -0.3 is 4.90 Å². The Bertz CT molecular complexity index is 3790. The van der Waals surface area contributed by atoms with Crippen LogP contribution in [-0.4, -0.2) is 0 Å². The molecule has 1 aliphatic rings. The van der Waals surface area contributed by atoms with Crippen molar-refractivity contribution in [2.75, 3.05) is 4.90 Å². The molecule has 1 nitrogen and oxygen atoms in total. The molecule has 0 heterocycles. The summed E-state index contributed by atoms with van der Waals surface area (Å²) >= 11 is 0. The van der Waals surface area contributed by atoms with Crippen LogP contribution >= 0.6 is 0 Å². The molecule has 0 unspecified atom stereocenters. The summed E-state index contributed by atoms with van der Waals surface area (Å²) in [6, 6.07) is 101. The Balaban J connectivity index is 0.930. The Labute approximate surface area is 397 Å². The van der Waals surface area contributed by atoms with Crippen LogP contribution in [0.15, 0.2) is 273 Å². The number of anilines is 3. The zero-order chi connectivity index (χ0) is 45.0. The van der Waals surface area contributed by atoms with Crippen LogP contribution in [0.4, 0.5) is 17.1 Å². The summed E-state index contributed by atoms with van der Waals surface area (Å²) in [4.78, 5) is 2.39. The van der Waals surface area contributed by atoms with Gasteiger partial charge in [0, 0.05) is 17.1 Å². The quantitative estimate of drug-likeness (QED) is 0.138. The Kier molecular flexibility index (Phi) is 9.47. The van der Waals surface area contributed by atoms with Crippen molar-refractivity contribution in [3.63, 3.8) is 0 Å². The largest absolute Gasteiger partial charge is 0.310 e. The highest BCUT2D eigenvalue weighted by Gasteiger charge is 2.46. The lowest BCUT2D eigenvalue weighted by atomic mass is 9.67. The summed E-state index contributed by atoms with van der Waals surface area (Å²) < 4.78 is 0. The first kappa shape index (κ1) is 39.6. The van der Waals surface area contributed by atoms with Crippen molar-refractivity contribution in [3.8, 4) is 44.5 Å². The summed E-state index contributed by atoms with van der Waals surface area (Å²) in [5.74, 6) is 0. The fourth-order valence-electron chi connectivity index (χ4n) is 11.2. The smallest absolute Gasteiger partial charge is 0.0713 e. The third kappa shape index (κ3) is 6.47. The minimum atomic E-state index is -0.456. The van der Waals surface area contributed by atoms with Crippen LogP contribution in [0, 0.1) is 0 Å². The van der Waals surface area contributed by atoms with Crippen molar-refractivity contribution < 1.29 is 0 Å². The summed E-state index contributed by atoms with van der Waals surface area (Å²) in [6.45, 7) is 0. The number of hydrogen-bond acceptors (Lipinski definition) is 1. The van der Waals surface area contributed by atoms with Crippen LogP contribution in [-0.2, 0) is 5.41 Å². The van der Waals surface area contributed by atoms with E-state index in [1.54, 1.807) is 0 Å². The first-order chi connectivity index (χ1) is 33.7. The van der Waals surface area contributed by atoms with Crippen molar-refractivity contribution in [1.29, 1.82) is 0 Å². The Morgan fingerprint density at radius 2 is 0.765 bits per heavy atom. The van der Waals surface area contributed by atoms with E-state index in [1.165, 1.54) is 99.1 Å². The molecule has 0 saturated carbocycles. The molecule has 13 rings (SSSR count). The molecule has 0 bridgehead atoms. The van der Waals surface area contributed by atoms with Crippen molar-refractivity contribution in [2.24, 2.45) is 0 Å². The van der Waals surface area contributed by atoms with Gasteiger partial charge in [-0.05, 0) is 154 Å². The standard InChI is InChI=1S/C67H45N/c1-3-20-54(21-4-1)67(55-22-5-2-6-23-55)65-29-14-13-28-62(65)63-41-36-52(45-66(63)67)47-32-37-56(38-33-47)68(58-24-15-19-50(43-58)51-31-30-46-16-7-8-17-49(46)42-51)57-39-34-48(35-40-57)64-44-53-18-9-10-25-59(53)60-26-11-12-27-61(60)64/h1-45H. The zero-order valence-electron chi connectivity index (χ0n) is 37.4. The lowest BCUT2D eigenvalue weighted by molar-refractivity contribution is 0.769. The highest BCUT2D eigenvalue weighted by atomic mass is 15.1. The Morgan fingerprint density at radius 1 is 0.235 bits per heavy atom. The average molecular weight is 864 g/mol. The zero-order valence-corrected chi connectivity index (χ0v) is 37.4. The molecule has 0 aromatic heterocycles. The maximum absolute atomic E-state index is 2.45. The average Bonchev–Trinajstić information content (AvgIpc) is 3.72. The third-order valence-electron chi connectivity index (χ3n) is 14.3. The predicted molar refractivity (Wildman–Crippen MR) is 287 cm³/mol. The molecular formula is C67H45N. The van der Waals surface area contributed by atoms with Gasteiger partial charge in [0.2, 0.25) is 0 Å². The lowest BCUT2D eigenvalue weighted by Gasteiger charge is -2.34. The molecule has 0 radical (unpaired) electrons. The molecule has 318 valence electrons. The van der Waals surface area contributed by atoms with Crippen LogP contribution in [0.3, 0.4) is 0 Å². The monoisotopic (exact) mass is 863 g/mol. The van der Waals surface area contributed by atoms with Gasteiger partial charge in [-0.25, -0.2) is 0 Å². The molecule has 12 aromatic rings. The van der Waals surface area contributed by atoms with Gasteiger partial charge in [-0.2, -0.15) is 0 Å². The number of hydrogen-bond donors (Lipinski definition) is 0. The SMILES string of the molecule is c1ccc(C2(c3ccccc3)c3ccccc3-c3ccc(-c4ccc(N(c5ccc(-c6cc7ccccc7c7ccccc67)cc5)c5cccc(-c6ccc7ccccc7c6)c5)cc4)cc32)cc1. The van der Waals surface area contributed by atoms with Gasteiger partial charge in [-0.15, -0.1) is 0 Å². The minimum Gasteiger partial charge on any atom is -0.310 e. The highest BCUT2D eigenvalue weighted by molar-refractivity contribution is 6.13. The normalized spacial score (nSPS) is 12.5. The molecule has 1 heteroatoms. The Morgan fingerprint density at radius 3 is 1.50 bits per heavy atom. The number of benzene rings is 12. The molecule has 0 atom stereocenters. The second-order valence-electron chi connectivity index (χ2n) is 18.0. The van der Waals surface area contributed by atoms with Gasteiger partial charge in [0.15, 0.2) is 0 Å². The van der Waals surface area contributed by atoms with Gasteiger partial charge in [-0.1, -0.05) is 218 Å². The molecular weight excluding hydrogens is 819 g/mol. The van der Waals surface area contributed by atoms with E-state index in [0.29, 0.717) is 0 Å². The van der Waals surface area contributed by atoms with Crippen molar-refractivity contribution >= 4 is 49.4 Å². The van der Waals surface area contributed by atoms with Gasteiger partial charge in [0.25, 0.3) is 0 Å². The summed E-state index contributed by atoms with van der Waals surface area (Å²) in [5, 5.41) is 7.54. The van der Waals surface area contributed by atoms with E-state index >= 15 is 0 Å². The van der Waals surface area contributed by atoms with Crippen molar-refractivity contribution in [3.05, 3.63) is 295 Å².